The average Bonchev–Trinajstić information content (AvgIpc) is 2.71. The maximum absolute atomic E-state index is 12.5. The van der Waals surface area contributed by atoms with Crippen LogP contribution in [0.3, 0.4) is 0 Å². The summed E-state index contributed by atoms with van der Waals surface area (Å²) in [4.78, 5) is 12.5. The first-order chi connectivity index (χ1) is 10.9. The summed E-state index contributed by atoms with van der Waals surface area (Å²) in [6.07, 6.45) is 2.69. The first kappa shape index (κ1) is 17.7. The second kappa shape index (κ2) is 7.25. The molecule has 6 heteroatoms. The molecule has 3 atom stereocenters. The van der Waals surface area contributed by atoms with E-state index < -0.39 is 12.2 Å². The van der Waals surface area contributed by atoms with E-state index in [2.05, 4.69) is 0 Å². The molecule has 2 rings (SSSR count). The number of carbonyl (C=O) groups is 1. The minimum absolute atomic E-state index is 0.0301. The summed E-state index contributed by atoms with van der Waals surface area (Å²) in [7, 11) is 0. The van der Waals surface area contributed by atoms with Crippen molar-refractivity contribution in [2.45, 2.75) is 65.7 Å². The lowest BCUT2D eigenvalue weighted by Gasteiger charge is -2.32. The Labute approximate surface area is 137 Å². The van der Waals surface area contributed by atoms with Crippen molar-refractivity contribution in [1.82, 2.24) is 4.57 Å². The molecule has 130 valence electrons. The van der Waals surface area contributed by atoms with E-state index in [0.717, 1.165) is 19.3 Å². The van der Waals surface area contributed by atoms with Gasteiger partial charge in [-0.15, -0.1) is 0 Å². The Morgan fingerprint density at radius 2 is 1.78 bits per heavy atom. The zero-order valence-corrected chi connectivity index (χ0v) is 14.3. The zero-order chi connectivity index (χ0) is 17.1. The van der Waals surface area contributed by atoms with E-state index in [1.807, 2.05) is 6.92 Å². The van der Waals surface area contributed by atoms with Crippen molar-refractivity contribution in [3.8, 4) is 11.8 Å². The Bertz CT molecular complexity index is 540. The highest BCUT2D eigenvalue weighted by atomic mass is 16.7. The lowest BCUT2D eigenvalue weighted by atomic mass is 9.84. The highest BCUT2D eigenvalue weighted by Gasteiger charge is 2.37. The fourth-order valence-electron chi connectivity index (χ4n) is 3.33. The molecular formula is C17H27NO5. The van der Waals surface area contributed by atoms with E-state index in [0.29, 0.717) is 24.2 Å². The van der Waals surface area contributed by atoms with Gasteiger partial charge < -0.3 is 19.7 Å². The molecule has 2 N–H and O–H groups in total. The topological polar surface area (TPSA) is 80.9 Å². The van der Waals surface area contributed by atoms with Crippen molar-refractivity contribution in [2.75, 3.05) is 6.61 Å². The van der Waals surface area contributed by atoms with E-state index in [-0.39, 0.29) is 23.8 Å². The number of hydrogen-bond donors (Lipinski definition) is 2. The Balaban J connectivity index is 2.25. The second-order valence-corrected chi connectivity index (χ2v) is 6.19. The summed E-state index contributed by atoms with van der Waals surface area (Å²) in [5, 5.41) is 20.7. The molecule has 1 saturated carbocycles. The fraction of sp³-hybridized carbons (Fsp3) is 0.706. The van der Waals surface area contributed by atoms with Crippen LogP contribution in [0.1, 0.15) is 56.7 Å². The Morgan fingerprint density at radius 1 is 1.22 bits per heavy atom. The Hall–Kier alpha value is -1.69. The van der Waals surface area contributed by atoms with Gasteiger partial charge in [0.15, 0.2) is 18.1 Å². The largest absolute Gasteiger partial charge is 0.494 e. The number of carbonyl (C=O) groups excluding carboxylic acids is 1. The number of aromatic nitrogens is 1. The van der Waals surface area contributed by atoms with Gasteiger partial charge in [-0.05, 0) is 40.5 Å². The smallest absolute Gasteiger partial charge is 0.313 e. The zero-order valence-electron chi connectivity index (χ0n) is 14.3. The third-order valence-corrected chi connectivity index (χ3v) is 4.74. The molecule has 0 aromatic carbocycles. The number of hydrogen-bond acceptors (Lipinski definition) is 5. The highest BCUT2D eigenvalue weighted by Crippen LogP contribution is 2.43. The van der Waals surface area contributed by atoms with E-state index >= 15 is 0 Å². The molecule has 0 amide bonds. The monoisotopic (exact) mass is 325 g/mol. The van der Waals surface area contributed by atoms with Crippen molar-refractivity contribution < 1.29 is 24.5 Å². The molecule has 1 fully saturated rings. The van der Waals surface area contributed by atoms with Gasteiger partial charge in [0.05, 0.1) is 12.0 Å². The van der Waals surface area contributed by atoms with Crippen LogP contribution in [0, 0.1) is 19.8 Å². The van der Waals surface area contributed by atoms with Gasteiger partial charge in [-0.1, -0.05) is 12.8 Å². The molecule has 1 aromatic heterocycles. The van der Waals surface area contributed by atoms with Crippen molar-refractivity contribution in [3.05, 3.63) is 11.1 Å². The number of aromatic hydroxyl groups is 2. The molecular weight excluding hydrogens is 298 g/mol. The third kappa shape index (κ3) is 3.47. The molecule has 23 heavy (non-hydrogen) atoms. The SMILES string of the molecule is CCOC(C)OC(=O)C1CCCCC1n1c(O)c(C)c(C)c1O. The van der Waals surface area contributed by atoms with Crippen LogP contribution in [-0.2, 0) is 14.3 Å². The van der Waals surface area contributed by atoms with Gasteiger partial charge >= 0.3 is 5.97 Å². The lowest BCUT2D eigenvalue weighted by molar-refractivity contribution is -0.181. The summed E-state index contributed by atoms with van der Waals surface area (Å²) in [6.45, 7) is 7.52. The second-order valence-electron chi connectivity index (χ2n) is 6.19. The maximum atomic E-state index is 12.5. The Kier molecular flexibility index (Phi) is 5.57. The van der Waals surface area contributed by atoms with Gasteiger partial charge in [0.25, 0.3) is 0 Å². The van der Waals surface area contributed by atoms with Crippen molar-refractivity contribution in [3.63, 3.8) is 0 Å². The third-order valence-electron chi connectivity index (χ3n) is 4.74. The van der Waals surface area contributed by atoms with Crippen LogP contribution in [0.2, 0.25) is 0 Å². The van der Waals surface area contributed by atoms with E-state index in [9.17, 15) is 15.0 Å². The van der Waals surface area contributed by atoms with Crippen LogP contribution in [0.4, 0.5) is 0 Å². The summed E-state index contributed by atoms with van der Waals surface area (Å²) >= 11 is 0. The van der Waals surface area contributed by atoms with E-state index in [1.54, 1.807) is 20.8 Å². The molecule has 0 bridgehead atoms. The molecule has 0 saturated heterocycles. The van der Waals surface area contributed by atoms with Crippen molar-refractivity contribution >= 4 is 5.97 Å². The molecule has 0 spiro atoms. The summed E-state index contributed by atoms with van der Waals surface area (Å²) in [5.74, 6) is -0.668. The van der Waals surface area contributed by atoms with E-state index in [1.165, 1.54) is 4.57 Å². The van der Waals surface area contributed by atoms with Crippen LogP contribution in [0.25, 0.3) is 0 Å². The molecule has 3 unspecified atom stereocenters. The molecule has 1 aliphatic rings. The predicted octanol–water partition coefficient (Wildman–Crippen LogP) is 3.17. The fourth-order valence-corrected chi connectivity index (χ4v) is 3.33. The summed E-state index contributed by atoms with van der Waals surface area (Å²) < 4.78 is 12.1. The van der Waals surface area contributed by atoms with Gasteiger partial charge in [-0.3, -0.25) is 9.36 Å². The van der Waals surface area contributed by atoms with Crippen LogP contribution in [-0.4, -0.2) is 33.6 Å². The number of ether oxygens (including phenoxy) is 2. The van der Waals surface area contributed by atoms with Crippen LogP contribution in [0.15, 0.2) is 0 Å². The molecule has 1 heterocycles. The minimum atomic E-state index is -0.592. The summed E-state index contributed by atoms with van der Waals surface area (Å²) in [6, 6.07) is -0.294. The normalized spacial score (nSPS) is 22.8. The van der Waals surface area contributed by atoms with Crippen molar-refractivity contribution in [1.29, 1.82) is 0 Å². The predicted molar refractivity (Wildman–Crippen MR) is 85.4 cm³/mol. The van der Waals surface area contributed by atoms with Crippen LogP contribution < -0.4 is 0 Å². The van der Waals surface area contributed by atoms with Gasteiger partial charge in [-0.25, -0.2) is 0 Å². The van der Waals surface area contributed by atoms with Gasteiger partial charge in [0, 0.05) is 17.7 Å². The summed E-state index contributed by atoms with van der Waals surface area (Å²) in [5.41, 5.74) is 1.28. The quantitative estimate of drug-likeness (QED) is 0.642. The minimum Gasteiger partial charge on any atom is -0.494 e. The lowest BCUT2D eigenvalue weighted by Crippen LogP contribution is -2.33. The van der Waals surface area contributed by atoms with Gasteiger partial charge in [0.1, 0.15) is 0 Å². The maximum Gasteiger partial charge on any atom is 0.313 e. The average molecular weight is 325 g/mol. The van der Waals surface area contributed by atoms with Gasteiger partial charge in [-0.2, -0.15) is 0 Å². The molecule has 1 aromatic rings. The first-order valence-corrected chi connectivity index (χ1v) is 8.29. The molecule has 1 aliphatic carbocycles. The first-order valence-electron chi connectivity index (χ1n) is 8.29. The molecule has 0 radical (unpaired) electrons. The number of rotatable bonds is 5. The van der Waals surface area contributed by atoms with Gasteiger partial charge in [0.2, 0.25) is 0 Å². The standard InChI is InChI=1S/C17H27NO5/c1-5-22-12(4)23-17(21)13-8-6-7-9-14(13)18-15(19)10(2)11(3)16(18)20/h12-14,19-20H,5-9H2,1-4H3. The van der Waals surface area contributed by atoms with Crippen molar-refractivity contribution in [2.24, 2.45) is 5.92 Å². The van der Waals surface area contributed by atoms with Crippen LogP contribution >= 0.6 is 0 Å². The Morgan fingerprint density at radius 3 is 2.35 bits per heavy atom. The molecule has 6 nitrogen and oxygen atoms in total. The van der Waals surface area contributed by atoms with Crippen LogP contribution in [0.5, 0.6) is 11.8 Å². The molecule has 0 aliphatic heterocycles. The highest BCUT2D eigenvalue weighted by molar-refractivity contribution is 5.73. The number of esters is 1. The number of nitrogens with zero attached hydrogens (tertiary/aromatic N) is 1. The van der Waals surface area contributed by atoms with E-state index in [4.69, 9.17) is 9.47 Å².